The Morgan fingerprint density at radius 1 is 1.26 bits per heavy atom. The number of ether oxygens (including phenoxy) is 2. The number of benzene rings is 1. The highest BCUT2D eigenvalue weighted by Gasteiger charge is 2.16. The number of carbonyl (C=O) groups excluding carboxylic acids is 2. The van der Waals surface area contributed by atoms with Gasteiger partial charge >= 0.3 is 5.97 Å². The molecule has 1 aromatic carbocycles. The summed E-state index contributed by atoms with van der Waals surface area (Å²) in [6.07, 6.45) is -0.760. The number of ketones is 1. The Bertz CT molecular complexity index is 513. The summed E-state index contributed by atoms with van der Waals surface area (Å²) in [7, 11) is 2.59. The molecule has 0 saturated heterocycles. The van der Waals surface area contributed by atoms with Crippen molar-refractivity contribution < 1.29 is 23.5 Å². The van der Waals surface area contributed by atoms with Gasteiger partial charge in [-0.25, -0.2) is 4.39 Å². The normalized spacial score (nSPS) is 9.84. The van der Waals surface area contributed by atoms with Crippen molar-refractivity contribution >= 4 is 17.5 Å². The minimum atomic E-state index is -0.677. The van der Waals surface area contributed by atoms with Crippen LogP contribution in [0.5, 0.6) is 5.75 Å². The van der Waals surface area contributed by atoms with Gasteiger partial charge in [0, 0.05) is 17.7 Å². The molecule has 0 aliphatic rings. The lowest BCUT2D eigenvalue weighted by molar-refractivity contribution is -0.143. The molecule has 19 heavy (non-hydrogen) atoms. The number of nitrogens with one attached hydrogen (secondary N) is 1. The number of halogens is 1. The third-order valence-corrected chi connectivity index (χ3v) is 2.44. The largest absolute Gasteiger partial charge is 0.497 e. The second kappa shape index (κ2) is 6.63. The van der Waals surface area contributed by atoms with E-state index in [1.165, 1.54) is 26.4 Å². The molecule has 0 fully saturated rings. The van der Waals surface area contributed by atoms with Gasteiger partial charge < -0.3 is 14.9 Å². The highest BCUT2D eigenvalue weighted by atomic mass is 19.1. The topological polar surface area (TPSA) is 76.5 Å². The smallest absolute Gasteiger partial charge is 0.313 e. The lowest BCUT2D eigenvalue weighted by atomic mass is 10.0. The third-order valence-electron chi connectivity index (χ3n) is 2.44. The molecule has 0 aliphatic heterocycles. The zero-order valence-electron chi connectivity index (χ0n) is 10.7. The van der Waals surface area contributed by atoms with E-state index in [9.17, 15) is 14.0 Å². The van der Waals surface area contributed by atoms with Crippen LogP contribution in [0.1, 0.15) is 18.4 Å². The molecule has 0 aliphatic carbocycles. The molecule has 0 bridgehead atoms. The van der Waals surface area contributed by atoms with Crippen LogP contribution in [0.4, 0.5) is 4.39 Å². The highest BCUT2D eigenvalue weighted by Crippen LogP contribution is 2.18. The molecule has 6 heteroatoms. The van der Waals surface area contributed by atoms with Gasteiger partial charge in [0.2, 0.25) is 0 Å². The molecule has 0 amide bonds. The number of rotatable bonds is 6. The second-order valence-corrected chi connectivity index (χ2v) is 3.79. The van der Waals surface area contributed by atoms with Gasteiger partial charge in [0.15, 0.2) is 0 Å². The Labute approximate surface area is 109 Å². The van der Waals surface area contributed by atoms with Crippen LogP contribution >= 0.6 is 0 Å². The molecular formula is C13H14FNO4. The summed E-state index contributed by atoms with van der Waals surface area (Å²) >= 11 is 0. The zero-order chi connectivity index (χ0) is 14.4. The van der Waals surface area contributed by atoms with E-state index in [0.29, 0.717) is 5.75 Å². The number of hydrogen-bond acceptors (Lipinski definition) is 5. The summed E-state index contributed by atoms with van der Waals surface area (Å²) < 4.78 is 22.8. The summed E-state index contributed by atoms with van der Waals surface area (Å²) in [5, 5.41) is 7.71. The van der Waals surface area contributed by atoms with Crippen molar-refractivity contribution in [2.75, 3.05) is 14.2 Å². The summed E-state index contributed by atoms with van der Waals surface area (Å²) in [6.45, 7) is 0. The van der Waals surface area contributed by atoms with E-state index in [1.807, 2.05) is 0 Å². The minimum Gasteiger partial charge on any atom is -0.497 e. The van der Waals surface area contributed by atoms with Crippen LogP contribution in [0.3, 0.4) is 0 Å². The zero-order valence-corrected chi connectivity index (χ0v) is 10.7. The molecule has 0 unspecified atom stereocenters. The maximum atomic E-state index is 13.5. The van der Waals surface area contributed by atoms with Gasteiger partial charge in [-0.1, -0.05) is 0 Å². The first-order valence-electron chi connectivity index (χ1n) is 5.47. The fourth-order valence-corrected chi connectivity index (χ4v) is 1.45. The number of carbonyl (C=O) groups is 2. The summed E-state index contributed by atoms with van der Waals surface area (Å²) in [5.74, 6) is -1.40. The first-order valence-corrected chi connectivity index (χ1v) is 5.47. The number of esters is 1. The van der Waals surface area contributed by atoms with Gasteiger partial charge in [-0.15, -0.1) is 0 Å². The molecule has 0 radical (unpaired) electrons. The molecule has 0 atom stereocenters. The monoisotopic (exact) mass is 267 g/mol. The SMILES string of the molecule is COC(=O)CC(=O)CC(=N)c1cc(OC)ccc1F. The first kappa shape index (κ1) is 14.8. The van der Waals surface area contributed by atoms with Crippen LogP contribution in [-0.2, 0) is 14.3 Å². The first-order chi connectivity index (χ1) is 8.97. The van der Waals surface area contributed by atoms with Gasteiger partial charge in [-0.3, -0.25) is 9.59 Å². The van der Waals surface area contributed by atoms with Crippen molar-refractivity contribution in [2.45, 2.75) is 12.8 Å². The van der Waals surface area contributed by atoms with E-state index in [2.05, 4.69) is 4.74 Å². The molecule has 102 valence electrons. The predicted octanol–water partition coefficient (Wildman–Crippen LogP) is 1.72. The Morgan fingerprint density at radius 3 is 2.53 bits per heavy atom. The fraction of sp³-hybridized carbons (Fsp3) is 0.308. The van der Waals surface area contributed by atoms with Crippen LogP contribution in [0.25, 0.3) is 0 Å². The summed E-state index contributed by atoms with van der Waals surface area (Å²) in [4.78, 5) is 22.4. The molecule has 5 nitrogen and oxygen atoms in total. The summed E-state index contributed by atoms with van der Waals surface area (Å²) in [6, 6.07) is 3.92. The Balaban J connectivity index is 2.78. The molecule has 0 saturated carbocycles. The van der Waals surface area contributed by atoms with Gasteiger partial charge in [0.25, 0.3) is 0 Å². The molecule has 1 aromatic rings. The van der Waals surface area contributed by atoms with E-state index < -0.39 is 24.0 Å². The van der Waals surface area contributed by atoms with Crippen molar-refractivity contribution in [3.63, 3.8) is 0 Å². The van der Waals surface area contributed by atoms with Crippen LogP contribution in [0.2, 0.25) is 0 Å². The van der Waals surface area contributed by atoms with Crippen molar-refractivity contribution in [3.05, 3.63) is 29.6 Å². The second-order valence-electron chi connectivity index (χ2n) is 3.79. The van der Waals surface area contributed by atoms with Crippen LogP contribution < -0.4 is 4.74 Å². The Hall–Kier alpha value is -2.24. The van der Waals surface area contributed by atoms with E-state index in [-0.39, 0.29) is 17.7 Å². The molecule has 0 aromatic heterocycles. The highest BCUT2D eigenvalue weighted by molar-refractivity contribution is 6.12. The van der Waals surface area contributed by atoms with Gasteiger partial charge in [-0.2, -0.15) is 0 Å². The molecular weight excluding hydrogens is 253 g/mol. The number of hydrogen-bond donors (Lipinski definition) is 1. The minimum absolute atomic E-state index is 0.0161. The standard InChI is InChI=1S/C13H14FNO4/c1-18-9-3-4-11(14)10(7-9)12(15)5-8(16)6-13(17)19-2/h3-4,7,15H,5-6H2,1-2H3. The van der Waals surface area contributed by atoms with E-state index >= 15 is 0 Å². The maximum Gasteiger partial charge on any atom is 0.313 e. The van der Waals surface area contributed by atoms with E-state index in [4.69, 9.17) is 10.1 Å². The van der Waals surface area contributed by atoms with Crippen LogP contribution in [0.15, 0.2) is 18.2 Å². The van der Waals surface area contributed by atoms with Gasteiger partial charge in [0.1, 0.15) is 23.8 Å². The average Bonchev–Trinajstić information content (AvgIpc) is 2.38. The Morgan fingerprint density at radius 2 is 1.95 bits per heavy atom. The fourth-order valence-electron chi connectivity index (χ4n) is 1.45. The quantitative estimate of drug-likeness (QED) is 0.483. The lowest BCUT2D eigenvalue weighted by Crippen LogP contribution is -2.14. The molecule has 0 spiro atoms. The number of methoxy groups -OCH3 is 2. The van der Waals surface area contributed by atoms with Crippen molar-refractivity contribution in [2.24, 2.45) is 0 Å². The summed E-state index contributed by atoms with van der Waals surface area (Å²) in [5.41, 5.74) is -0.220. The third kappa shape index (κ3) is 4.17. The van der Waals surface area contributed by atoms with Crippen molar-refractivity contribution in [1.29, 1.82) is 5.41 Å². The van der Waals surface area contributed by atoms with E-state index in [0.717, 1.165) is 6.07 Å². The Kier molecular flexibility index (Phi) is 5.17. The maximum absolute atomic E-state index is 13.5. The van der Waals surface area contributed by atoms with Crippen LogP contribution in [-0.4, -0.2) is 31.7 Å². The molecule has 0 heterocycles. The average molecular weight is 267 g/mol. The molecule has 1 rings (SSSR count). The lowest BCUT2D eigenvalue weighted by Gasteiger charge is -2.07. The van der Waals surface area contributed by atoms with Crippen molar-refractivity contribution in [1.82, 2.24) is 0 Å². The predicted molar refractivity (Wildman–Crippen MR) is 66.0 cm³/mol. The van der Waals surface area contributed by atoms with Crippen LogP contribution in [0, 0.1) is 11.2 Å². The molecule has 1 N–H and O–H groups in total. The van der Waals surface area contributed by atoms with Crippen molar-refractivity contribution in [3.8, 4) is 5.75 Å². The number of Topliss-reactive ketones (excluding diaryl/α,β-unsaturated/α-hetero) is 1. The van der Waals surface area contributed by atoms with Gasteiger partial charge in [-0.05, 0) is 18.2 Å². The van der Waals surface area contributed by atoms with E-state index in [1.54, 1.807) is 0 Å². The van der Waals surface area contributed by atoms with Gasteiger partial charge in [0.05, 0.1) is 14.2 Å².